The van der Waals surface area contributed by atoms with Crippen LogP contribution in [0.4, 0.5) is 11.4 Å². The van der Waals surface area contributed by atoms with E-state index in [1.807, 2.05) is 49.0 Å². The predicted molar refractivity (Wildman–Crippen MR) is 89.5 cm³/mol. The zero-order valence-corrected chi connectivity index (χ0v) is 13.1. The molecule has 0 aliphatic heterocycles. The van der Waals surface area contributed by atoms with E-state index in [4.69, 9.17) is 0 Å². The molecule has 0 unspecified atom stereocenters. The average Bonchev–Trinajstić information content (AvgIpc) is 3.00. The highest BCUT2D eigenvalue weighted by Crippen LogP contribution is 2.24. The Morgan fingerprint density at radius 2 is 2.09 bits per heavy atom. The van der Waals surface area contributed by atoms with Crippen LogP contribution in [0.5, 0.6) is 0 Å². The highest BCUT2D eigenvalue weighted by Gasteiger charge is 2.08. The SMILES string of the molecule is Cc1cc(Nc2cccc(Cn3cccn3)c2)c(C#N)c(C)n1. The Morgan fingerprint density at radius 1 is 1.22 bits per heavy atom. The number of rotatable bonds is 4. The lowest BCUT2D eigenvalue weighted by molar-refractivity contribution is 0.687. The molecule has 114 valence electrons. The smallest absolute Gasteiger partial charge is 0.103 e. The maximum Gasteiger partial charge on any atom is 0.103 e. The van der Waals surface area contributed by atoms with Gasteiger partial charge >= 0.3 is 0 Å². The molecular formula is C18H17N5. The summed E-state index contributed by atoms with van der Waals surface area (Å²) in [6, 6.07) is 14.1. The second-order valence-electron chi connectivity index (χ2n) is 5.41. The molecule has 1 aromatic carbocycles. The van der Waals surface area contributed by atoms with E-state index in [1.54, 1.807) is 6.20 Å². The topological polar surface area (TPSA) is 66.5 Å². The molecule has 3 rings (SSSR count). The van der Waals surface area contributed by atoms with E-state index in [-0.39, 0.29) is 0 Å². The summed E-state index contributed by atoms with van der Waals surface area (Å²) in [5.74, 6) is 0. The van der Waals surface area contributed by atoms with Crippen LogP contribution >= 0.6 is 0 Å². The van der Waals surface area contributed by atoms with Crippen LogP contribution in [-0.4, -0.2) is 14.8 Å². The number of nitrogens with zero attached hydrogens (tertiary/aromatic N) is 4. The number of nitriles is 1. The number of anilines is 2. The van der Waals surface area contributed by atoms with Crippen molar-refractivity contribution in [1.82, 2.24) is 14.8 Å². The van der Waals surface area contributed by atoms with Gasteiger partial charge < -0.3 is 5.32 Å². The van der Waals surface area contributed by atoms with Crippen LogP contribution in [0, 0.1) is 25.2 Å². The zero-order valence-electron chi connectivity index (χ0n) is 13.1. The number of aryl methyl sites for hydroxylation is 2. The van der Waals surface area contributed by atoms with Crippen molar-refractivity contribution in [1.29, 1.82) is 5.26 Å². The Kier molecular flexibility index (Phi) is 4.07. The summed E-state index contributed by atoms with van der Waals surface area (Å²) in [6.07, 6.45) is 3.70. The molecule has 1 N–H and O–H groups in total. The minimum Gasteiger partial charge on any atom is -0.354 e. The minimum absolute atomic E-state index is 0.577. The lowest BCUT2D eigenvalue weighted by Crippen LogP contribution is -2.02. The molecule has 0 amide bonds. The fourth-order valence-electron chi connectivity index (χ4n) is 2.55. The lowest BCUT2D eigenvalue weighted by atomic mass is 10.1. The van der Waals surface area contributed by atoms with Crippen molar-refractivity contribution in [3.63, 3.8) is 0 Å². The van der Waals surface area contributed by atoms with Crippen LogP contribution in [0.1, 0.15) is 22.5 Å². The molecule has 3 aromatic rings. The molecule has 0 radical (unpaired) electrons. The van der Waals surface area contributed by atoms with Crippen molar-refractivity contribution in [2.24, 2.45) is 0 Å². The lowest BCUT2D eigenvalue weighted by Gasteiger charge is -2.12. The van der Waals surface area contributed by atoms with Crippen molar-refractivity contribution in [3.8, 4) is 6.07 Å². The van der Waals surface area contributed by atoms with Crippen molar-refractivity contribution >= 4 is 11.4 Å². The molecule has 0 spiro atoms. The summed E-state index contributed by atoms with van der Waals surface area (Å²) in [6.45, 7) is 4.49. The van der Waals surface area contributed by atoms with Crippen LogP contribution in [0.25, 0.3) is 0 Å². The molecule has 5 heteroatoms. The predicted octanol–water partition coefficient (Wildman–Crippen LogP) is 3.56. The summed E-state index contributed by atoms with van der Waals surface area (Å²) in [5, 5.41) is 16.9. The first kappa shape index (κ1) is 14.8. The van der Waals surface area contributed by atoms with Gasteiger partial charge in [0.25, 0.3) is 0 Å². The van der Waals surface area contributed by atoms with Gasteiger partial charge in [-0.2, -0.15) is 10.4 Å². The monoisotopic (exact) mass is 303 g/mol. The van der Waals surface area contributed by atoms with Gasteiger partial charge in [0.1, 0.15) is 6.07 Å². The minimum atomic E-state index is 0.577. The van der Waals surface area contributed by atoms with Gasteiger partial charge in [0.15, 0.2) is 0 Å². The quantitative estimate of drug-likeness (QED) is 0.800. The molecule has 0 aliphatic carbocycles. The first-order chi connectivity index (χ1) is 11.2. The Balaban J connectivity index is 1.88. The standard InChI is InChI=1S/C18H17N5/c1-13-9-18(17(11-19)14(2)21-13)22-16-6-3-5-15(10-16)12-23-8-4-7-20-23/h3-10H,12H2,1-2H3,(H,21,22). The third-order valence-electron chi connectivity index (χ3n) is 3.55. The number of nitrogens with one attached hydrogen (secondary N) is 1. The number of benzene rings is 1. The van der Waals surface area contributed by atoms with Gasteiger partial charge in [0.2, 0.25) is 0 Å². The molecule has 0 atom stereocenters. The molecular weight excluding hydrogens is 286 g/mol. The summed E-state index contributed by atoms with van der Waals surface area (Å²) in [7, 11) is 0. The Morgan fingerprint density at radius 3 is 2.83 bits per heavy atom. The highest BCUT2D eigenvalue weighted by atomic mass is 15.3. The fraction of sp³-hybridized carbons (Fsp3) is 0.167. The number of hydrogen-bond donors (Lipinski definition) is 1. The van der Waals surface area contributed by atoms with E-state index < -0.39 is 0 Å². The largest absolute Gasteiger partial charge is 0.354 e. The maximum absolute atomic E-state index is 9.35. The number of aromatic nitrogens is 3. The summed E-state index contributed by atoms with van der Waals surface area (Å²) >= 11 is 0. The van der Waals surface area contributed by atoms with E-state index in [0.29, 0.717) is 12.1 Å². The van der Waals surface area contributed by atoms with Crippen molar-refractivity contribution in [2.45, 2.75) is 20.4 Å². The van der Waals surface area contributed by atoms with Gasteiger partial charge in [-0.3, -0.25) is 9.67 Å². The van der Waals surface area contributed by atoms with Crippen LogP contribution in [0.3, 0.4) is 0 Å². The Bertz CT molecular complexity index is 860. The van der Waals surface area contributed by atoms with E-state index in [2.05, 4.69) is 33.6 Å². The first-order valence-corrected chi connectivity index (χ1v) is 7.37. The van der Waals surface area contributed by atoms with Gasteiger partial charge in [-0.25, -0.2) is 0 Å². The Labute approximate surface area is 135 Å². The maximum atomic E-state index is 9.35. The van der Waals surface area contributed by atoms with Crippen LogP contribution in [-0.2, 0) is 6.54 Å². The molecule has 2 heterocycles. The van der Waals surface area contributed by atoms with Crippen molar-refractivity contribution < 1.29 is 0 Å². The summed E-state index contributed by atoms with van der Waals surface area (Å²) < 4.78 is 1.88. The van der Waals surface area contributed by atoms with Gasteiger partial charge in [0, 0.05) is 23.8 Å². The van der Waals surface area contributed by atoms with E-state index in [1.165, 1.54) is 0 Å². The first-order valence-electron chi connectivity index (χ1n) is 7.37. The fourth-order valence-corrected chi connectivity index (χ4v) is 2.55. The second-order valence-corrected chi connectivity index (χ2v) is 5.41. The van der Waals surface area contributed by atoms with Crippen molar-refractivity contribution in [3.05, 3.63) is 71.3 Å². The van der Waals surface area contributed by atoms with E-state index in [9.17, 15) is 5.26 Å². The molecule has 5 nitrogen and oxygen atoms in total. The number of pyridine rings is 1. The normalized spacial score (nSPS) is 10.3. The van der Waals surface area contributed by atoms with Gasteiger partial charge in [-0.15, -0.1) is 0 Å². The average molecular weight is 303 g/mol. The van der Waals surface area contributed by atoms with Gasteiger partial charge in [-0.1, -0.05) is 12.1 Å². The summed E-state index contributed by atoms with van der Waals surface area (Å²) in [4.78, 5) is 4.34. The zero-order chi connectivity index (χ0) is 16.2. The van der Waals surface area contributed by atoms with Gasteiger partial charge in [0.05, 0.1) is 23.5 Å². The third kappa shape index (κ3) is 3.38. The molecule has 0 saturated heterocycles. The molecule has 0 aliphatic rings. The van der Waals surface area contributed by atoms with E-state index >= 15 is 0 Å². The van der Waals surface area contributed by atoms with Crippen molar-refractivity contribution in [2.75, 3.05) is 5.32 Å². The number of hydrogen-bond acceptors (Lipinski definition) is 4. The molecule has 0 fully saturated rings. The second kappa shape index (κ2) is 6.32. The third-order valence-corrected chi connectivity index (χ3v) is 3.55. The Hall–Kier alpha value is -3.13. The van der Waals surface area contributed by atoms with Gasteiger partial charge in [-0.05, 0) is 43.7 Å². The van der Waals surface area contributed by atoms with Crippen LogP contribution in [0.2, 0.25) is 0 Å². The molecule has 0 saturated carbocycles. The summed E-state index contributed by atoms with van der Waals surface area (Å²) in [5.41, 5.74) is 5.07. The molecule has 0 bridgehead atoms. The van der Waals surface area contributed by atoms with E-state index in [0.717, 1.165) is 28.3 Å². The highest BCUT2D eigenvalue weighted by molar-refractivity contribution is 5.68. The van der Waals surface area contributed by atoms with Crippen LogP contribution in [0.15, 0.2) is 48.8 Å². The molecule has 23 heavy (non-hydrogen) atoms. The molecule has 2 aromatic heterocycles. The van der Waals surface area contributed by atoms with Crippen LogP contribution < -0.4 is 5.32 Å².